The molecule has 1 heterocycles. The van der Waals surface area contributed by atoms with Crippen molar-refractivity contribution in [3.05, 3.63) is 65.1 Å². The number of furan rings is 1. The number of methoxy groups -OCH3 is 1. The molecule has 0 amide bonds. The van der Waals surface area contributed by atoms with Crippen molar-refractivity contribution >= 4 is 17.5 Å². The van der Waals surface area contributed by atoms with Crippen molar-refractivity contribution in [3.8, 4) is 0 Å². The SMILES string of the molecule is COC(=O)C(=O)C=C(O)c1ccc(Cc2ccccc2C)o1. The molecule has 22 heavy (non-hydrogen) atoms. The number of aliphatic hydroxyl groups is 1. The molecule has 0 spiro atoms. The first-order valence-electron chi connectivity index (χ1n) is 6.67. The lowest BCUT2D eigenvalue weighted by Gasteiger charge is -2.02. The number of aryl methyl sites for hydroxylation is 1. The van der Waals surface area contributed by atoms with E-state index in [1.54, 1.807) is 12.1 Å². The van der Waals surface area contributed by atoms with Crippen LogP contribution < -0.4 is 0 Å². The summed E-state index contributed by atoms with van der Waals surface area (Å²) in [6.45, 7) is 2.01. The van der Waals surface area contributed by atoms with E-state index in [1.807, 2.05) is 31.2 Å². The highest BCUT2D eigenvalue weighted by Crippen LogP contribution is 2.19. The maximum Gasteiger partial charge on any atom is 0.378 e. The predicted molar refractivity (Wildman–Crippen MR) is 80.3 cm³/mol. The van der Waals surface area contributed by atoms with Gasteiger partial charge in [-0.1, -0.05) is 24.3 Å². The van der Waals surface area contributed by atoms with Crippen molar-refractivity contribution in [2.45, 2.75) is 13.3 Å². The molecule has 0 saturated carbocycles. The maximum atomic E-state index is 11.3. The quantitative estimate of drug-likeness (QED) is 0.397. The highest BCUT2D eigenvalue weighted by atomic mass is 16.5. The molecule has 5 nitrogen and oxygen atoms in total. The number of aliphatic hydroxyl groups excluding tert-OH is 1. The summed E-state index contributed by atoms with van der Waals surface area (Å²) in [7, 11) is 1.10. The molecule has 2 aromatic rings. The Labute approximate surface area is 127 Å². The van der Waals surface area contributed by atoms with Gasteiger partial charge >= 0.3 is 5.97 Å². The van der Waals surface area contributed by atoms with Gasteiger partial charge in [0.2, 0.25) is 0 Å². The molecule has 114 valence electrons. The number of hydrogen-bond donors (Lipinski definition) is 1. The summed E-state index contributed by atoms with van der Waals surface area (Å²) in [6.07, 6.45) is 1.35. The van der Waals surface area contributed by atoms with Gasteiger partial charge in [0.15, 0.2) is 11.5 Å². The Morgan fingerprint density at radius 2 is 1.95 bits per heavy atom. The summed E-state index contributed by atoms with van der Waals surface area (Å²) >= 11 is 0. The van der Waals surface area contributed by atoms with Crippen molar-refractivity contribution < 1.29 is 23.8 Å². The Morgan fingerprint density at radius 1 is 1.23 bits per heavy atom. The van der Waals surface area contributed by atoms with E-state index in [1.165, 1.54) is 0 Å². The monoisotopic (exact) mass is 300 g/mol. The molecule has 0 unspecified atom stereocenters. The summed E-state index contributed by atoms with van der Waals surface area (Å²) in [5.74, 6) is -1.63. The second-order valence-corrected chi connectivity index (χ2v) is 4.75. The molecule has 5 heteroatoms. The molecule has 0 aliphatic carbocycles. The van der Waals surface area contributed by atoms with Crippen molar-refractivity contribution in [1.82, 2.24) is 0 Å². The summed E-state index contributed by atoms with van der Waals surface area (Å²) < 4.78 is 9.77. The lowest BCUT2D eigenvalue weighted by Crippen LogP contribution is -2.12. The van der Waals surface area contributed by atoms with Gasteiger partial charge in [0.25, 0.3) is 5.78 Å². The number of carbonyl (C=O) groups is 2. The van der Waals surface area contributed by atoms with Gasteiger partial charge in [-0.3, -0.25) is 4.79 Å². The van der Waals surface area contributed by atoms with Crippen molar-refractivity contribution in [2.24, 2.45) is 0 Å². The Morgan fingerprint density at radius 3 is 2.64 bits per heavy atom. The van der Waals surface area contributed by atoms with Crippen LogP contribution in [0.3, 0.4) is 0 Å². The first-order chi connectivity index (χ1) is 10.5. The van der Waals surface area contributed by atoms with E-state index in [0.717, 1.165) is 24.3 Å². The van der Waals surface area contributed by atoms with Crippen LogP contribution in [0.5, 0.6) is 0 Å². The number of hydrogen-bond acceptors (Lipinski definition) is 5. The van der Waals surface area contributed by atoms with Gasteiger partial charge in [0, 0.05) is 12.5 Å². The minimum absolute atomic E-state index is 0.126. The molecule has 1 aromatic heterocycles. The minimum atomic E-state index is -1.04. The Bertz CT molecular complexity index is 724. The van der Waals surface area contributed by atoms with E-state index in [4.69, 9.17) is 4.42 Å². The van der Waals surface area contributed by atoms with Gasteiger partial charge in [-0.05, 0) is 30.2 Å². The standard InChI is InChI=1S/C17H16O5/c1-11-5-3-4-6-12(11)9-13-7-8-16(22-13)14(18)10-15(19)17(20)21-2/h3-8,10,18H,9H2,1-2H3. The topological polar surface area (TPSA) is 76.7 Å². The second kappa shape index (κ2) is 6.76. The molecule has 1 aromatic carbocycles. The number of esters is 1. The Balaban J connectivity index is 2.14. The summed E-state index contributed by atoms with van der Waals surface area (Å²) in [5, 5.41) is 9.81. The Kier molecular flexibility index (Phi) is 4.78. The highest BCUT2D eigenvalue weighted by Gasteiger charge is 2.15. The van der Waals surface area contributed by atoms with Crippen LogP contribution in [0, 0.1) is 6.92 Å². The lowest BCUT2D eigenvalue weighted by molar-refractivity contribution is -0.149. The third kappa shape index (κ3) is 3.63. The van der Waals surface area contributed by atoms with Crippen LogP contribution >= 0.6 is 0 Å². The minimum Gasteiger partial charge on any atom is -0.504 e. The van der Waals surface area contributed by atoms with Crippen LogP contribution in [0.25, 0.3) is 5.76 Å². The van der Waals surface area contributed by atoms with Crippen LogP contribution in [-0.2, 0) is 20.7 Å². The summed E-state index contributed by atoms with van der Waals surface area (Å²) in [6, 6.07) is 11.2. The first-order valence-corrected chi connectivity index (χ1v) is 6.67. The van der Waals surface area contributed by atoms with Gasteiger partial charge in [-0.2, -0.15) is 0 Å². The molecule has 0 radical (unpaired) electrons. The zero-order valence-corrected chi connectivity index (χ0v) is 12.3. The van der Waals surface area contributed by atoms with Crippen LogP contribution in [0.15, 0.2) is 46.9 Å². The molecular formula is C17H16O5. The largest absolute Gasteiger partial charge is 0.504 e. The normalized spacial score (nSPS) is 11.3. The maximum absolute atomic E-state index is 11.3. The van der Waals surface area contributed by atoms with Gasteiger partial charge in [-0.25, -0.2) is 4.79 Å². The number of carbonyl (C=O) groups excluding carboxylic acids is 2. The van der Waals surface area contributed by atoms with E-state index in [9.17, 15) is 14.7 Å². The third-order valence-electron chi connectivity index (χ3n) is 3.19. The van der Waals surface area contributed by atoms with E-state index in [2.05, 4.69) is 4.74 Å². The fourth-order valence-corrected chi connectivity index (χ4v) is 1.96. The average molecular weight is 300 g/mol. The van der Waals surface area contributed by atoms with Crippen molar-refractivity contribution in [1.29, 1.82) is 0 Å². The zero-order valence-electron chi connectivity index (χ0n) is 12.3. The van der Waals surface area contributed by atoms with Crippen LogP contribution in [0.4, 0.5) is 0 Å². The zero-order chi connectivity index (χ0) is 16.1. The summed E-state index contributed by atoms with van der Waals surface area (Å²) in [4.78, 5) is 22.4. The third-order valence-corrected chi connectivity index (χ3v) is 3.19. The smallest absolute Gasteiger partial charge is 0.378 e. The molecule has 0 bridgehead atoms. The van der Waals surface area contributed by atoms with Crippen molar-refractivity contribution in [3.63, 3.8) is 0 Å². The van der Waals surface area contributed by atoms with Gasteiger partial charge in [-0.15, -0.1) is 0 Å². The van der Waals surface area contributed by atoms with Crippen LogP contribution in [-0.4, -0.2) is 24.0 Å². The van der Waals surface area contributed by atoms with Crippen LogP contribution in [0.1, 0.15) is 22.6 Å². The van der Waals surface area contributed by atoms with Crippen molar-refractivity contribution in [2.75, 3.05) is 7.11 Å². The average Bonchev–Trinajstić information content (AvgIpc) is 2.97. The van der Waals surface area contributed by atoms with Gasteiger partial charge < -0.3 is 14.3 Å². The first kappa shape index (κ1) is 15.6. The molecule has 2 rings (SSSR count). The fraction of sp³-hybridized carbons (Fsp3) is 0.176. The summed E-state index contributed by atoms with van der Waals surface area (Å²) in [5.41, 5.74) is 2.25. The molecule has 0 aliphatic heterocycles. The highest BCUT2D eigenvalue weighted by molar-refractivity contribution is 6.39. The molecule has 0 saturated heterocycles. The van der Waals surface area contributed by atoms with E-state index in [0.29, 0.717) is 12.2 Å². The predicted octanol–water partition coefficient (Wildman–Crippen LogP) is 2.82. The number of ketones is 1. The van der Waals surface area contributed by atoms with E-state index >= 15 is 0 Å². The number of rotatable bonds is 5. The van der Waals surface area contributed by atoms with E-state index in [-0.39, 0.29) is 5.76 Å². The molecule has 1 N–H and O–H groups in total. The van der Waals surface area contributed by atoms with E-state index < -0.39 is 17.5 Å². The van der Waals surface area contributed by atoms with Gasteiger partial charge in [0.05, 0.1) is 7.11 Å². The molecule has 0 fully saturated rings. The number of ether oxygens (including phenoxy) is 1. The number of benzene rings is 1. The fourth-order valence-electron chi connectivity index (χ4n) is 1.96. The van der Waals surface area contributed by atoms with Gasteiger partial charge in [0.1, 0.15) is 5.76 Å². The molecule has 0 aliphatic rings. The second-order valence-electron chi connectivity index (χ2n) is 4.75. The molecule has 0 atom stereocenters. The molecular weight excluding hydrogens is 284 g/mol. The lowest BCUT2D eigenvalue weighted by atomic mass is 10.1. The Hall–Kier alpha value is -2.82. The van der Waals surface area contributed by atoms with Crippen LogP contribution in [0.2, 0.25) is 0 Å².